The van der Waals surface area contributed by atoms with Gasteiger partial charge in [-0.3, -0.25) is 4.79 Å². The normalized spacial score (nSPS) is 42.5. The van der Waals surface area contributed by atoms with Crippen LogP contribution in [0.3, 0.4) is 0 Å². The van der Waals surface area contributed by atoms with Crippen LogP contribution < -0.4 is 16.4 Å². The van der Waals surface area contributed by atoms with Gasteiger partial charge in [0.05, 0.1) is 12.2 Å². The highest BCUT2D eigenvalue weighted by Crippen LogP contribution is 2.68. The summed E-state index contributed by atoms with van der Waals surface area (Å²) >= 11 is 0. The van der Waals surface area contributed by atoms with Crippen molar-refractivity contribution in [1.29, 1.82) is 0 Å². The van der Waals surface area contributed by atoms with Gasteiger partial charge in [0.15, 0.2) is 0 Å². The van der Waals surface area contributed by atoms with E-state index in [9.17, 15) is 19.8 Å². The second-order valence-electron chi connectivity index (χ2n) is 13.3. The molecule has 0 bridgehead atoms. The first kappa shape index (κ1) is 27.7. The fourth-order valence-electron chi connectivity index (χ4n) is 9.51. The Morgan fingerprint density at radius 3 is 2.33 bits per heavy atom. The van der Waals surface area contributed by atoms with Gasteiger partial charge in [0.1, 0.15) is 0 Å². The molecule has 6 N–H and O–H groups in total. The van der Waals surface area contributed by atoms with Gasteiger partial charge in [0.25, 0.3) is 0 Å². The summed E-state index contributed by atoms with van der Waals surface area (Å²) in [5, 5.41) is 27.3. The third-order valence-electron chi connectivity index (χ3n) is 11.5. The molecule has 10 atom stereocenters. The van der Waals surface area contributed by atoms with Crippen molar-refractivity contribution in [2.75, 3.05) is 13.1 Å². The maximum atomic E-state index is 12.4. The number of amides is 3. The molecule has 4 aliphatic carbocycles. The number of hydrogen-bond acceptors (Lipinski definition) is 4. The van der Waals surface area contributed by atoms with E-state index in [4.69, 9.17) is 5.73 Å². The Morgan fingerprint density at radius 2 is 1.61 bits per heavy atom. The van der Waals surface area contributed by atoms with Gasteiger partial charge < -0.3 is 26.6 Å². The largest absolute Gasteiger partial charge is 0.393 e. The predicted molar refractivity (Wildman–Crippen MR) is 141 cm³/mol. The molecule has 36 heavy (non-hydrogen) atoms. The van der Waals surface area contributed by atoms with E-state index in [-0.39, 0.29) is 28.9 Å². The van der Waals surface area contributed by atoms with Crippen LogP contribution in [-0.2, 0) is 4.79 Å². The summed E-state index contributed by atoms with van der Waals surface area (Å²) in [6.07, 6.45) is 11.3. The molecule has 4 rings (SSSR count). The molecule has 0 aromatic heterocycles. The van der Waals surface area contributed by atoms with Crippen molar-refractivity contribution in [2.24, 2.45) is 52.1 Å². The molecule has 0 spiro atoms. The average molecular weight is 506 g/mol. The fraction of sp³-hybridized carbons (Fsp3) is 0.931. The first-order chi connectivity index (χ1) is 17.1. The molecule has 3 amide bonds. The van der Waals surface area contributed by atoms with Gasteiger partial charge in [-0.05, 0) is 117 Å². The molecule has 206 valence electrons. The van der Waals surface area contributed by atoms with Crippen molar-refractivity contribution in [3.63, 3.8) is 0 Å². The smallest absolute Gasteiger partial charge is 0.312 e. The number of urea groups is 1. The molecular formula is C29H51N3O4. The van der Waals surface area contributed by atoms with Crippen LogP contribution in [0.2, 0.25) is 0 Å². The third kappa shape index (κ3) is 5.43. The van der Waals surface area contributed by atoms with Gasteiger partial charge in [-0.1, -0.05) is 20.8 Å². The van der Waals surface area contributed by atoms with Gasteiger partial charge in [-0.15, -0.1) is 0 Å². The number of nitrogens with one attached hydrogen (secondary N) is 2. The van der Waals surface area contributed by atoms with Crippen LogP contribution in [0.4, 0.5) is 4.79 Å². The van der Waals surface area contributed by atoms with Gasteiger partial charge in [0.2, 0.25) is 5.91 Å². The lowest BCUT2D eigenvalue weighted by atomic mass is 9.43. The van der Waals surface area contributed by atoms with Gasteiger partial charge in [0, 0.05) is 19.5 Å². The zero-order valence-corrected chi connectivity index (χ0v) is 22.8. The summed E-state index contributed by atoms with van der Waals surface area (Å²) in [7, 11) is 0. The van der Waals surface area contributed by atoms with Crippen molar-refractivity contribution in [1.82, 2.24) is 10.6 Å². The van der Waals surface area contributed by atoms with E-state index >= 15 is 0 Å². The molecule has 7 nitrogen and oxygen atoms in total. The third-order valence-corrected chi connectivity index (χ3v) is 11.5. The van der Waals surface area contributed by atoms with Crippen LogP contribution >= 0.6 is 0 Å². The highest BCUT2D eigenvalue weighted by molar-refractivity contribution is 5.75. The maximum absolute atomic E-state index is 12.4. The first-order valence-electron chi connectivity index (χ1n) is 14.7. The van der Waals surface area contributed by atoms with Crippen molar-refractivity contribution in [2.45, 2.75) is 110 Å². The number of rotatable bonds is 9. The zero-order chi connectivity index (χ0) is 26.1. The lowest BCUT2D eigenvalue weighted by Crippen LogP contribution is -2.58. The van der Waals surface area contributed by atoms with Crippen LogP contribution in [0, 0.1) is 46.3 Å². The number of hydrogen-bond donors (Lipinski definition) is 5. The number of carbonyl (C=O) groups excluding carboxylic acids is 2. The molecule has 0 unspecified atom stereocenters. The highest BCUT2D eigenvalue weighted by Gasteiger charge is 2.62. The van der Waals surface area contributed by atoms with Crippen molar-refractivity contribution in [3.05, 3.63) is 0 Å². The summed E-state index contributed by atoms with van der Waals surface area (Å²) in [6, 6.07) is -0.505. The molecule has 7 heteroatoms. The van der Waals surface area contributed by atoms with E-state index in [1.54, 1.807) is 0 Å². The van der Waals surface area contributed by atoms with Crippen LogP contribution in [0.1, 0.15) is 97.8 Å². The van der Waals surface area contributed by atoms with E-state index in [1.165, 1.54) is 25.7 Å². The maximum Gasteiger partial charge on any atom is 0.312 e. The second-order valence-corrected chi connectivity index (χ2v) is 13.3. The molecule has 0 aromatic rings. The highest BCUT2D eigenvalue weighted by atomic mass is 16.3. The molecule has 4 saturated carbocycles. The SMILES string of the molecule is C[C@@H](CCC(=O)NCCCCNC(N)=O)[C@@H]1CC[C@@H]2[C@@H]3[C@@H](CC[C@]21C)[C@]1(C)CC[C@H](O)C[C@@H]1C[C@@H]3O. The number of fused-ring (bicyclic) bond motifs is 5. The van der Waals surface area contributed by atoms with E-state index in [1.807, 2.05) is 0 Å². The lowest BCUT2D eigenvalue weighted by molar-refractivity contribution is -0.174. The fourth-order valence-corrected chi connectivity index (χ4v) is 9.51. The zero-order valence-electron chi connectivity index (χ0n) is 22.8. The lowest BCUT2D eigenvalue weighted by Gasteiger charge is -2.62. The minimum Gasteiger partial charge on any atom is -0.393 e. The molecule has 0 radical (unpaired) electrons. The standard InChI is InChI=1S/C29H51N3O4/c1-18(6-9-25(35)31-14-4-5-15-32-27(30)36)21-7-8-22-26-23(11-13-29(21,22)3)28(2)12-10-20(33)16-19(28)17-24(26)34/h18-24,26,33-34H,4-17H2,1-3H3,(H,31,35)(H3,30,32,36)/t18-,19+,20-,21-,22+,23+,24-,26+,28+,29-/m0/s1. The predicted octanol–water partition coefficient (Wildman–Crippen LogP) is 3.96. The number of aliphatic hydroxyl groups is 2. The second kappa shape index (κ2) is 11.2. The van der Waals surface area contributed by atoms with E-state index < -0.39 is 6.03 Å². The van der Waals surface area contributed by atoms with E-state index in [0.717, 1.165) is 44.9 Å². The van der Waals surface area contributed by atoms with Crippen LogP contribution in [-0.4, -0.2) is 47.4 Å². The number of carbonyl (C=O) groups is 2. The molecular weight excluding hydrogens is 454 g/mol. The van der Waals surface area contributed by atoms with Crippen LogP contribution in [0.5, 0.6) is 0 Å². The molecule has 0 aliphatic heterocycles. The Balaban J connectivity index is 1.30. The summed E-state index contributed by atoms with van der Waals surface area (Å²) in [5.41, 5.74) is 5.58. The summed E-state index contributed by atoms with van der Waals surface area (Å²) in [5.74, 6) is 3.23. The molecule has 4 aliphatic rings. The summed E-state index contributed by atoms with van der Waals surface area (Å²) < 4.78 is 0. The Bertz CT molecular complexity index is 792. The van der Waals surface area contributed by atoms with Crippen LogP contribution in [0.15, 0.2) is 0 Å². The Labute approximate surface area is 217 Å². The number of aliphatic hydroxyl groups excluding tert-OH is 2. The number of nitrogens with two attached hydrogens (primary N) is 1. The molecule has 0 saturated heterocycles. The van der Waals surface area contributed by atoms with Crippen LogP contribution in [0.25, 0.3) is 0 Å². The average Bonchev–Trinajstić information content (AvgIpc) is 3.18. The van der Waals surface area contributed by atoms with Gasteiger partial charge >= 0.3 is 6.03 Å². The minimum absolute atomic E-state index is 0.120. The van der Waals surface area contributed by atoms with Gasteiger partial charge in [-0.2, -0.15) is 0 Å². The monoisotopic (exact) mass is 505 g/mol. The number of unbranched alkanes of at least 4 members (excludes halogenated alkanes) is 1. The topological polar surface area (TPSA) is 125 Å². The minimum atomic E-state index is -0.505. The first-order valence-corrected chi connectivity index (χ1v) is 14.7. The Hall–Kier alpha value is -1.34. The summed E-state index contributed by atoms with van der Waals surface area (Å²) in [6.45, 7) is 8.48. The van der Waals surface area contributed by atoms with Crippen molar-refractivity contribution < 1.29 is 19.8 Å². The molecule has 0 heterocycles. The summed E-state index contributed by atoms with van der Waals surface area (Å²) in [4.78, 5) is 23.1. The molecule has 0 aromatic carbocycles. The molecule has 4 fully saturated rings. The van der Waals surface area contributed by atoms with Gasteiger partial charge in [-0.25, -0.2) is 4.79 Å². The van der Waals surface area contributed by atoms with E-state index in [2.05, 4.69) is 31.4 Å². The van der Waals surface area contributed by atoms with Crippen molar-refractivity contribution in [3.8, 4) is 0 Å². The number of primary amides is 1. The van der Waals surface area contributed by atoms with Crippen molar-refractivity contribution >= 4 is 11.9 Å². The van der Waals surface area contributed by atoms with E-state index in [0.29, 0.717) is 55.0 Å². The quantitative estimate of drug-likeness (QED) is 0.304. The Morgan fingerprint density at radius 1 is 0.944 bits per heavy atom. The Kier molecular flexibility index (Phi) is 8.60.